The van der Waals surface area contributed by atoms with Crippen LogP contribution in [0.1, 0.15) is 24.4 Å². The van der Waals surface area contributed by atoms with Crippen LogP contribution in [0.25, 0.3) is 0 Å². The SMILES string of the molecule is CN1CC(=O)N(CC(=O)N2CCC[C@@H]2c2ccccc2)C1=O. The van der Waals surface area contributed by atoms with Gasteiger partial charge in [0, 0.05) is 13.6 Å². The van der Waals surface area contributed by atoms with Gasteiger partial charge in [0.25, 0.3) is 5.91 Å². The molecule has 2 aliphatic heterocycles. The second-order valence-corrected chi connectivity index (χ2v) is 5.77. The van der Waals surface area contributed by atoms with E-state index >= 15 is 0 Å². The quantitative estimate of drug-likeness (QED) is 0.789. The summed E-state index contributed by atoms with van der Waals surface area (Å²) in [4.78, 5) is 40.4. The Hall–Kier alpha value is -2.37. The molecule has 1 aromatic rings. The fourth-order valence-corrected chi connectivity index (χ4v) is 3.14. The van der Waals surface area contributed by atoms with Crippen LogP contribution >= 0.6 is 0 Å². The fraction of sp³-hybridized carbons (Fsp3) is 0.438. The number of benzene rings is 1. The number of carbonyl (C=O) groups is 3. The van der Waals surface area contributed by atoms with E-state index < -0.39 is 6.03 Å². The minimum absolute atomic E-state index is 0.0410. The molecule has 6 heteroatoms. The van der Waals surface area contributed by atoms with Gasteiger partial charge < -0.3 is 9.80 Å². The molecule has 2 fully saturated rings. The van der Waals surface area contributed by atoms with Gasteiger partial charge in [0.2, 0.25) is 5.91 Å². The Labute approximate surface area is 129 Å². The number of hydrogen-bond acceptors (Lipinski definition) is 3. The summed E-state index contributed by atoms with van der Waals surface area (Å²) in [6, 6.07) is 9.53. The lowest BCUT2D eigenvalue weighted by molar-refractivity contribution is -0.137. The molecule has 3 rings (SSSR count). The molecule has 0 bridgehead atoms. The number of nitrogens with zero attached hydrogens (tertiary/aromatic N) is 3. The Balaban J connectivity index is 1.72. The number of rotatable bonds is 3. The van der Waals surface area contributed by atoms with Crippen molar-refractivity contribution in [3.63, 3.8) is 0 Å². The van der Waals surface area contributed by atoms with Crippen molar-refractivity contribution >= 4 is 17.8 Å². The number of likely N-dealkylation sites (tertiary alicyclic amines) is 1. The number of hydrogen-bond donors (Lipinski definition) is 0. The number of amides is 4. The van der Waals surface area contributed by atoms with Gasteiger partial charge in [0.15, 0.2) is 0 Å². The Kier molecular flexibility index (Phi) is 3.83. The zero-order chi connectivity index (χ0) is 15.7. The van der Waals surface area contributed by atoms with E-state index in [-0.39, 0.29) is 30.9 Å². The van der Waals surface area contributed by atoms with Crippen LogP contribution in [0.3, 0.4) is 0 Å². The molecule has 0 saturated carbocycles. The second-order valence-electron chi connectivity index (χ2n) is 5.77. The first-order chi connectivity index (χ1) is 10.6. The molecule has 0 radical (unpaired) electrons. The molecule has 0 N–H and O–H groups in total. The zero-order valence-electron chi connectivity index (χ0n) is 12.6. The molecule has 2 saturated heterocycles. The Bertz CT molecular complexity index is 602. The van der Waals surface area contributed by atoms with E-state index in [9.17, 15) is 14.4 Å². The molecule has 1 atom stereocenters. The maximum absolute atomic E-state index is 12.5. The standard InChI is InChI=1S/C16H19N3O3/c1-17-10-14(20)19(16(17)22)11-15(21)18-9-5-8-13(18)12-6-3-2-4-7-12/h2-4,6-7,13H,5,8-11H2,1H3/t13-/m1/s1. The molecule has 2 aliphatic rings. The summed E-state index contributed by atoms with van der Waals surface area (Å²) in [5.41, 5.74) is 1.10. The first-order valence-corrected chi connectivity index (χ1v) is 7.48. The van der Waals surface area contributed by atoms with E-state index in [4.69, 9.17) is 0 Å². The van der Waals surface area contributed by atoms with Crippen LogP contribution in [0.5, 0.6) is 0 Å². The number of imide groups is 1. The molecule has 2 heterocycles. The summed E-state index contributed by atoms with van der Waals surface area (Å²) >= 11 is 0. The first kappa shape index (κ1) is 14.6. The third kappa shape index (κ3) is 2.56. The van der Waals surface area contributed by atoms with Gasteiger partial charge in [-0.3, -0.25) is 14.5 Å². The third-order valence-electron chi connectivity index (χ3n) is 4.28. The van der Waals surface area contributed by atoms with E-state index in [2.05, 4.69) is 0 Å². The molecule has 4 amide bonds. The predicted molar refractivity (Wildman–Crippen MR) is 79.9 cm³/mol. The van der Waals surface area contributed by atoms with Crippen LogP contribution in [0, 0.1) is 0 Å². The maximum atomic E-state index is 12.5. The molecule has 116 valence electrons. The molecule has 0 spiro atoms. The predicted octanol–water partition coefficient (Wildman–Crippen LogP) is 1.24. The van der Waals surface area contributed by atoms with Crippen LogP contribution in [0.4, 0.5) is 4.79 Å². The number of urea groups is 1. The minimum atomic E-state index is -0.395. The van der Waals surface area contributed by atoms with Gasteiger partial charge in [0.05, 0.1) is 6.04 Å². The maximum Gasteiger partial charge on any atom is 0.327 e. The van der Waals surface area contributed by atoms with Crippen molar-refractivity contribution in [2.45, 2.75) is 18.9 Å². The normalized spacial score (nSPS) is 21.9. The average Bonchev–Trinajstić information content (AvgIpc) is 3.09. The van der Waals surface area contributed by atoms with Gasteiger partial charge in [-0.2, -0.15) is 0 Å². The van der Waals surface area contributed by atoms with Crippen molar-refractivity contribution in [3.8, 4) is 0 Å². The fourth-order valence-electron chi connectivity index (χ4n) is 3.14. The lowest BCUT2D eigenvalue weighted by Crippen LogP contribution is -2.43. The molecule has 0 unspecified atom stereocenters. The first-order valence-electron chi connectivity index (χ1n) is 7.48. The van der Waals surface area contributed by atoms with Crippen molar-refractivity contribution in [1.29, 1.82) is 0 Å². The van der Waals surface area contributed by atoms with Gasteiger partial charge in [-0.05, 0) is 18.4 Å². The zero-order valence-corrected chi connectivity index (χ0v) is 12.6. The Morgan fingerprint density at radius 2 is 1.95 bits per heavy atom. The summed E-state index contributed by atoms with van der Waals surface area (Å²) in [5.74, 6) is -0.473. The molecule has 22 heavy (non-hydrogen) atoms. The van der Waals surface area contributed by atoms with Crippen molar-refractivity contribution < 1.29 is 14.4 Å². The monoisotopic (exact) mass is 301 g/mol. The lowest BCUT2D eigenvalue weighted by atomic mass is 10.0. The van der Waals surface area contributed by atoms with E-state index in [1.165, 1.54) is 4.90 Å². The van der Waals surface area contributed by atoms with Crippen LogP contribution in [0.2, 0.25) is 0 Å². The molecule has 6 nitrogen and oxygen atoms in total. The summed E-state index contributed by atoms with van der Waals surface area (Å²) < 4.78 is 0. The number of likely N-dealkylation sites (N-methyl/N-ethyl adjacent to an activating group) is 1. The number of carbonyl (C=O) groups excluding carboxylic acids is 3. The van der Waals surface area contributed by atoms with E-state index in [1.54, 1.807) is 11.9 Å². The molecular weight excluding hydrogens is 282 g/mol. The molecule has 1 aromatic carbocycles. The van der Waals surface area contributed by atoms with E-state index in [0.717, 1.165) is 23.3 Å². The van der Waals surface area contributed by atoms with Crippen molar-refractivity contribution in [2.75, 3.05) is 26.7 Å². The van der Waals surface area contributed by atoms with Crippen LogP contribution < -0.4 is 0 Å². The van der Waals surface area contributed by atoms with Gasteiger partial charge in [-0.25, -0.2) is 4.79 Å². The lowest BCUT2D eigenvalue weighted by Gasteiger charge is -2.26. The van der Waals surface area contributed by atoms with E-state index in [1.807, 2.05) is 30.3 Å². The molecular formula is C16H19N3O3. The topological polar surface area (TPSA) is 60.9 Å². The minimum Gasteiger partial charge on any atom is -0.334 e. The Morgan fingerprint density at radius 1 is 1.23 bits per heavy atom. The van der Waals surface area contributed by atoms with Crippen LogP contribution in [-0.2, 0) is 9.59 Å². The summed E-state index contributed by atoms with van der Waals surface area (Å²) in [5, 5.41) is 0. The highest BCUT2D eigenvalue weighted by Crippen LogP contribution is 2.31. The van der Waals surface area contributed by atoms with Gasteiger partial charge in [0.1, 0.15) is 13.1 Å². The van der Waals surface area contributed by atoms with Crippen LogP contribution in [-0.4, -0.2) is 59.2 Å². The van der Waals surface area contributed by atoms with Crippen molar-refractivity contribution in [1.82, 2.24) is 14.7 Å². The summed E-state index contributed by atoms with van der Waals surface area (Å²) in [6.45, 7) is 0.560. The van der Waals surface area contributed by atoms with E-state index in [0.29, 0.717) is 6.54 Å². The average molecular weight is 301 g/mol. The van der Waals surface area contributed by atoms with Crippen molar-refractivity contribution in [2.24, 2.45) is 0 Å². The molecule has 0 aliphatic carbocycles. The highest BCUT2D eigenvalue weighted by molar-refractivity contribution is 6.04. The third-order valence-corrected chi connectivity index (χ3v) is 4.28. The van der Waals surface area contributed by atoms with Crippen molar-refractivity contribution in [3.05, 3.63) is 35.9 Å². The van der Waals surface area contributed by atoms with Gasteiger partial charge in [-0.1, -0.05) is 30.3 Å². The second kappa shape index (κ2) is 5.79. The smallest absolute Gasteiger partial charge is 0.327 e. The Morgan fingerprint density at radius 3 is 2.59 bits per heavy atom. The highest BCUT2D eigenvalue weighted by atomic mass is 16.2. The summed E-state index contributed by atoms with van der Waals surface area (Å²) in [6.07, 6.45) is 1.85. The highest BCUT2D eigenvalue weighted by Gasteiger charge is 2.37. The molecule has 0 aromatic heterocycles. The van der Waals surface area contributed by atoms with Gasteiger partial charge >= 0.3 is 6.03 Å². The van der Waals surface area contributed by atoms with Crippen LogP contribution in [0.15, 0.2) is 30.3 Å². The van der Waals surface area contributed by atoms with Gasteiger partial charge in [-0.15, -0.1) is 0 Å². The summed E-state index contributed by atoms with van der Waals surface area (Å²) in [7, 11) is 1.56. The largest absolute Gasteiger partial charge is 0.334 e.